The van der Waals surface area contributed by atoms with E-state index in [-0.39, 0.29) is 12.5 Å². The number of hydrogen-bond acceptors (Lipinski definition) is 6. The third-order valence-electron chi connectivity index (χ3n) is 4.91. The minimum Gasteiger partial charge on any atom is -0.387 e. The number of amides is 1. The number of ether oxygens (including phenoxy) is 1. The summed E-state index contributed by atoms with van der Waals surface area (Å²) in [5.74, 6) is -0.0572. The molecule has 0 bridgehead atoms. The van der Waals surface area contributed by atoms with Gasteiger partial charge in [-0.1, -0.05) is 12.1 Å². The van der Waals surface area contributed by atoms with Gasteiger partial charge in [0.2, 0.25) is 5.91 Å². The van der Waals surface area contributed by atoms with Gasteiger partial charge in [0.05, 0.1) is 25.4 Å². The number of benzene rings is 1. The highest BCUT2D eigenvalue weighted by Gasteiger charge is 2.39. The average Bonchev–Trinajstić information content (AvgIpc) is 3.19. The molecule has 0 aliphatic carbocycles. The Kier molecular flexibility index (Phi) is 4.41. The number of β-amino-alcohol motifs (C(OH)–C–C–N with tert-alkyl or cyclic N) is 1. The molecule has 4 rings (SSSR count). The van der Waals surface area contributed by atoms with Crippen LogP contribution in [0.5, 0.6) is 0 Å². The zero-order valence-electron chi connectivity index (χ0n) is 14.2. The predicted octanol–water partition coefficient (Wildman–Crippen LogP) is -0.273. The van der Waals surface area contributed by atoms with Gasteiger partial charge in [0, 0.05) is 26.2 Å². The number of carbonyl (C=O) groups is 1. The van der Waals surface area contributed by atoms with Gasteiger partial charge in [0.1, 0.15) is 17.6 Å². The SMILES string of the molecule is O=C(Cn1nc2ccccc2n1)N1CC[C@@](O)(CN2CCOCC2)C1. The molecule has 8 nitrogen and oxygen atoms in total. The fourth-order valence-corrected chi connectivity index (χ4v) is 3.57. The summed E-state index contributed by atoms with van der Waals surface area (Å²) in [5.41, 5.74) is 0.719. The first kappa shape index (κ1) is 16.4. The third kappa shape index (κ3) is 3.65. The predicted molar refractivity (Wildman–Crippen MR) is 90.9 cm³/mol. The molecular weight excluding hydrogens is 322 g/mol. The maximum Gasteiger partial charge on any atom is 0.246 e. The van der Waals surface area contributed by atoms with Crippen molar-refractivity contribution < 1.29 is 14.6 Å². The molecule has 1 atom stereocenters. The van der Waals surface area contributed by atoms with Gasteiger partial charge in [-0.05, 0) is 18.6 Å². The molecule has 3 heterocycles. The van der Waals surface area contributed by atoms with E-state index in [2.05, 4.69) is 15.1 Å². The summed E-state index contributed by atoms with van der Waals surface area (Å²) >= 11 is 0. The number of hydrogen-bond donors (Lipinski definition) is 1. The van der Waals surface area contributed by atoms with Gasteiger partial charge in [-0.15, -0.1) is 0 Å². The maximum atomic E-state index is 12.6. The quantitative estimate of drug-likeness (QED) is 0.821. The summed E-state index contributed by atoms with van der Waals surface area (Å²) in [6.07, 6.45) is 0.602. The Hall–Kier alpha value is -2.03. The molecule has 2 aliphatic rings. The lowest BCUT2D eigenvalue weighted by Gasteiger charge is -2.33. The van der Waals surface area contributed by atoms with Crippen LogP contribution in [0.2, 0.25) is 0 Å². The first-order valence-corrected chi connectivity index (χ1v) is 8.71. The minimum atomic E-state index is -0.838. The summed E-state index contributed by atoms with van der Waals surface area (Å²) in [6, 6.07) is 7.55. The molecule has 8 heteroatoms. The van der Waals surface area contributed by atoms with Crippen LogP contribution in [0.15, 0.2) is 24.3 Å². The number of rotatable bonds is 4. The number of carbonyl (C=O) groups excluding carboxylic acids is 1. The highest BCUT2D eigenvalue weighted by molar-refractivity contribution is 5.77. The van der Waals surface area contributed by atoms with E-state index in [0.717, 1.165) is 24.1 Å². The Morgan fingerprint density at radius 1 is 1.16 bits per heavy atom. The molecule has 0 radical (unpaired) electrons. The average molecular weight is 345 g/mol. The maximum absolute atomic E-state index is 12.6. The molecule has 134 valence electrons. The number of morpholine rings is 1. The van der Waals surface area contributed by atoms with Gasteiger partial charge in [0.25, 0.3) is 0 Å². The summed E-state index contributed by atoms with van der Waals surface area (Å²) in [4.78, 5) is 17.9. The van der Waals surface area contributed by atoms with E-state index in [9.17, 15) is 9.90 Å². The lowest BCUT2D eigenvalue weighted by molar-refractivity contribution is -0.132. The van der Waals surface area contributed by atoms with Crippen LogP contribution < -0.4 is 0 Å². The number of likely N-dealkylation sites (tertiary alicyclic amines) is 1. The molecule has 2 aliphatic heterocycles. The van der Waals surface area contributed by atoms with E-state index in [4.69, 9.17) is 4.74 Å². The van der Waals surface area contributed by atoms with Crippen molar-refractivity contribution >= 4 is 16.9 Å². The van der Waals surface area contributed by atoms with Crippen LogP contribution in [0, 0.1) is 0 Å². The molecule has 1 amide bonds. The van der Waals surface area contributed by atoms with E-state index < -0.39 is 5.60 Å². The van der Waals surface area contributed by atoms with E-state index in [1.807, 2.05) is 24.3 Å². The highest BCUT2D eigenvalue weighted by Crippen LogP contribution is 2.23. The molecule has 0 spiro atoms. The second-order valence-electron chi connectivity index (χ2n) is 6.90. The van der Waals surface area contributed by atoms with E-state index >= 15 is 0 Å². The Morgan fingerprint density at radius 2 is 1.84 bits per heavy atom. The van der Waals surface area contributed by atoms with Crippen molar-refractivity contribution in [3.05, 3.63) is 24.3 Å². The van der Waals surface area contributed by atoms with Gasteiger partial charge in [0.15, 0.2) is 0 Å². The molecule has 0 saturated carbocycles. The van der Waals surface area contributed by atoms with E-state index in [1.54, 1.807) is 4.90 Å². The Bertz CT molecular complexity index is 725. The van der Waals surface area contributed by atoms with Crippen molar-refractivity contribution in [2.45, 2.75) is 18.6 Å². The van der Waals surface area contributed by atoms with Crippen LogP contribution >= 0.6 is 0 Å². The molecule has 2 aromatic rings. The molecule has 1 aromatic heterocycles. The number of fused-ring (bicyclic) bond motifs is 1. The van der Waals surface area contributed by atoms with Crippen molar-refractivity contribution in [3.8, 4) is 0 Å². The minimum absolute atomic E-state index is 0.0572. The molecular formula is C17H23N5O3. The summed E-state index contributed by atoms with van der Waals surface area (Å²) in [5, 5.41) is 19.5. The molecule has 25 heavy (non-hydrogen) atoms. The van der Waals surface area contributed by atoms with Gasteiger partial charge in [-0.2, -0.15) is 15.0 Å². The van der Waals surface area contributed by atoms with Crippen molar-refractivity contribution in [2.75, 3.05) is 45.9 Å². The number of aliphatic hydroxyl groups is 1. The van der Waals surface area contributed by atoms with Gasteiger partial charge >= 0.3 is 0 Å². The van der Waals surface area contributed by atoms with Crippen LogP contribution in [0.1, 0.15) is 6.42 Å². The van der Waals surface area contributed by atoms with E-state index in [1.165, 1.54) is 4.80 Å². The second-order valence-corrected chi connectivity index (χ2v) is 6.90. The fraction of sp³-hybridized carbons (Fsp3) is 0.588. The van der Waals surface area contributed by atoms with Crippen molar-refractivity contribution in [1.29, 1.82) is 0 Å². The van der Waals surface area contributed by atoms with Gasteiger partial charge in [-0.25, -0.2) is 0 Å². The molecule has 2 saturated heterocycles. The summed E-state index contributed by atoms with van der Waals surface area (Å²) in [6.45, 7) is 4.70. The summed E-state index contributed by atoms with van der Waals surface area (Å²) in [7, 11) is 0. The van der Waals surface area contributed by atoms with Crippen LogP contribution in [0.25, 0.3) is 11.0 Å². The highest BCUT2D eigenvalue weighted by atomic mass is 16.5. The standard InChI is InChI=1S/C17H23N5O3/c23-16(11-22-18-14-3-1-2-4-15(14)19-22)21-6-5-17(24,13-21)12-20-7-9-25-10-8-20/h1-4,24H,5-13H2/t17-/m1/s1. The lowest BCUT2D eigenvalue weighted by Crippen LogP contribution is -2.49. The zero-order chi connectivity index (χ0) is 17.3. The monoisotopic (exact) mass is 345 g/mol. The molecule has 1 N–H and O–H groups in total. The number of aromatic nitrogens is 3. The van der Waals surface area contributed by atoms with Crippen LogP contribution in [0.4, 0.5) is 0 Å². The fourth-order valence-electron chi connectivity index (χ4n) is 3.57. The molecule has 0 unspecified atom stereocenters. The van der Waals surface area contributed by atoms with Crippen molar-refractivity contribution in [2.24, 2.45) is 0 Å². The first-order valence-electron chi connectivity index (χ1n) is 8.71. The zero-order valence-corrected chi connectivity index (χ0v) is 14.2. The Labute approximate surface area is 146 Å². The molecule has 1 aromatic carbocycles. The first-order chi connectivity index (χ1) is 12.1. The topological polar surface area (TPSA) is 83.7 Å². The lowest BCUT2D eigenvalue weighted by atomic mass is 10.0. The Balaban J connectivity index is 1.36. The smallest absolute Gasteiger partial charge is 0.246 e. The van der Waals surface area contributed by atoms with Gasteiger partial charge < -0.3 is 14.7 Å². The van der Waals surface area contributed by atoms with Gasteiger partial charge in [-0.3, -0.25) is 9.69 Å². The third-order valence-corrected chi connectivity index (χ3v) is 4.91. The normalized spacial score (nSPS) is 24.9. The van der Waals surface area contributed by atoms with Crippen molar-refractivity contribution in [3.63, 3.8) is 0 Å². The van der Waals surface area contributed by atoms with Crippen LogP contribution in [-0.2, 0) is 16.1 Å². The summed E-state index contributed by atoms with van der Waals surface area (Å²) < 4.78 is 5.34. The van der Waals surface area contributed by atoms with Crippen LogP contribution in [-0.4, -0.2) is 87.3 Å². The largest absolute Gasteiger partial charge is 0.387 e. The number of nitrogens with zero attached hydrogens (tertiary/aromatic N) is 5. The van der Waals surface area contributed by atoms with Crippen LogP contribution in [0.3, 0.4) is 0 Å². The van der Waals surface area contributed by atoms with E-state index in [0.29, 0.717) is 39.3 Å². The molecule has 2 fully saturated rings. The second kappa shape index (κ2) is 6.70. The Morgan fingerprint density at radius 3 is 2.52 bits per heavy atom. The van der Waals surface area contributed by atoms with Crippen molar-refractivity contribution in [1.82, 2.24) is 24.8 Å².